The molecule has 0 bridgehead atoms. The van der Waals surface area contributed by atoms with E-state index in [2.05, 4.69) is 5.32 Å². The summed E-state index contributed by atoms with van der Waals surface area (Å²) in [7, 11) is 3.06. The summed E-state index contributed by atoms with van der Waals surface area (Å²) in [6, 6.07) is 18.5. The zero-order chi connectivity index (χ0) is 27.2. The van der Waals surface area contributed by atoms with Gasteiger partial charge < -0.3 is 14.8 Å². The van der Waals surface area contributed by atoms with E-state index in [0.29, 0.717) is 52.0 Å². The van der Waals surface area contributed by atoms with Crippen molar-refractivity contribution in [3.63, 3.8) is 0 Å². The molecule has 0 spiro atoms. The second-order valence-electron chi connectivity index (χ2n) is 8.83. The topological polar surface area (TPSA) is 82.5 Å². The maximum absolute atomic E-state index is 13.8. The third-order valence-corrected chi connectivity index (χ3v) is 7.76. The molecule has 0 fully saturated rings. The number of hydrogen-bond acceptors (Lipinski definition) is 6. The smallest absolute Gasteiger partial charge is 0.262 e. The summed E-state index contributed by atoms with van der Waals surface area (Å²) in [5.74, 6) is 0.785. The lowest BCUT2D eigenvalue weighted by Crippen LogP contribution is -2.28. The van der Waals surface area contributed by atoms with Crippen molar-refractivity contribution in [2.24, 2.45) is 0 Å². The Morgan fingerprint density at radius 3 is 2.45 bits per heavy atom. The van der Waals surface area contributed by atoms with E-state index in [-0.39, 0.29) is 11.5 Å². The Hall–Kier alpha value is -3.49. The Morgan fingerprint density at radius 1 is 1.08 bits per heavy atom. The monoisotopic (exact) mass is 551 g/mol. The van der Waals surface area contributed by atoms with E-state index >= 15 is 0 Å². The minimum Gasteiger partial charge on any atom is -0.493 e. The number of rotatable bonds is 10. The highest BCUT2D eigenvalue weighted by Gasteiger charge is 2.23. The molecule has 0 saturated carbocycles. The van der Waals surface area contributed by atoms with Crippen LogP contribution in [0.25, 0.3) is 10.9 Å². The van der Waals surface area contributed by atoms with Crippen molar-refractivity contribution in [2.75, 3.05) is 19.5 Å². The van der Waals surface area contributed by atoms with E-state index in [4.69, 9.17) is 26.1 Å². The maximum Gasteiger partial charge on any atom is 0.262 e. The van der Waals surface area contributed by atoms with Crippen molar-refractivity contribution in [1.82, 2.24) is 9.55 Å². The van der Waals surface area contributed by atoms with Gasteiger partial charge >= 0.3 is 0 Å². The van der Waals surface area contributed by atoms with Crippen LogP contribution in [0.3, 0.4) is 0 Å². The Bertz CT molecular complexity index is 1500. The van der Waals surface area contributed by atoms with Crippen molar-refractivity contribution in [3.8, 4) is 11.5 Å². The molecule has 0 unspecified atom stereocenters. The largest absolute Gasteiger partial charge is 0.493 e. The first-order valence-corrected chi connectivity index (χ1v) is 13.5. The molecule has 1 heterocycles. The number of carbonyl (C=O) groups excluding carboxylic acids is 1. The van der Waals surface area contributed by atoms with Crippen molar-refractivity contribution in [2.45, 2.75) is 43.6 Å². The first kappa shape index (κ1) is 27.5. The van der Waals surface area contributed by atoms with Crippen molar-refractivity contribution < 1.29 is 14.3 Å². The number of methoxy groups -OCH3 is 2. The molecular weight excluding hydrogens is 522 g/mol. The number of anilines is 1. The lowest BCUT2D eigenvalue weighted by atomic mass is 10.1. The Labute approximate surface area is 231 Å². The van der Waals surface area contributed by atoms with E-state index in [9.17, 15) is 9.59 Å². The molecule has 1 amide bonds. The summed E-state index contributed by atoms with van der Waals surface area (Å²) >= 11 is 7.32. The number of aryl methyl sites for hydroxylation is 2. The molecule has 0 aliphatic carbocycles. The number of aromatic nitrogens is 2. The summed E-state index contributed by atoms with van der Waals surface area (Å²) in [6.45, 7) is 4.30. The molecular formula is C29H30ClN3O4S. The van der Waals surface area contributed by atoms with Crippen LogP contribution in [0.15, 0.2) is 70.6 Å². The molecule has 198 valence electrons. The normalized spacial score (nSPS) is 11.8. The minimum atomic E-state index is -0.457. The van der Waals surface area contributed by atoms with Crippen molar-refractivity contribution >= 4 is 45.9 Å². The predicted octanol–water partition coefficient (Wildman–Crippen LogP) is 6.13. The van der Waals surface area contributed by atoms with E-state index in [1.165, 1.54) is 26.0 Å². The average Bonchev–Trinajstić information content (AvgIpc) is 2.91. The number of nitrogens with zero attached hydrogens (tertiary/aromatic N) is 2. The van der Waals surface area contributed by atoms with Crippen molar-refractivity contribution in [3.05, 3.63) is 87.2 Å². The summed E-state index contributed by atoms with van der Waals surface area (Å²) in [5.41, 5.74) is 3.10. The van der Waals surface area contributed by atoms with Crippen LogP contribution in [-0.2, 0) is 17.8 Å². The minimum absolute atomic E-state index is 0.144. The van der Waals surface area contributed by atoms with Crippen molar-refractivity contribution in [1.29, 1.82) is 0 Å². The molecule has 1 N–H and O–H groups in total. The number of fused-ring (bicyclic) bond motifs is 1. The van der Waals surface area contributed by atoms with E-state index in [1.807, 2.05) is 62.4 Å². The van der Waals surface area contributed by atoms with Crippen LogP contribution in [0.2, 0.25) is 5.02 Å². The summed E-state index contributed by atoms with van der Waals surface area (Å²) in [4.78, 5) is 31.8. The summed E-state index contributed by atoms with van der Waals surface area (Å²) in [6.07, 6.45) is 1.15. The molecule has 0 radical (unpaired) electrons. The number of nitrogens with one attached hydrogen (secondary N) is 1. The number of halogens is 1. The molecule has 7 nitrogen and oxygen atoms in total. The fraction of sp³-hybridized carbons (Fsp3) is 0.276. The van der Waals surface area contributed by atoms with Gasteiger partial charge in [-0.1, -0.05) is 54.6 Å². The number of carbonyl (C=O) groups is 1. The van der Waals surface area contributed by atoms with Gasteiger partial charge in [-0.2, -0.15) is 0 Å². The second-order valence-corrected chi connectivity index (χ2v) is 10.4. The highest BCUT2D eigenvalue weighted by molar-refractivity contribution is 8.00. The lowest BCUT2D eigenvalue weighted by Gasteiger charge is -2.19. The summed E-state index contributed by atoms with van der Waals surface area (Å²) in [5, 5.41) is 4.08. The highest BCUT2D eigenvalue weighted by Crippen LogP contribution is 2.32. The molecule has 4 rings (SSSR count). The van der Waals surface area contributed by atoms with Gasteiger partial charge in [0.05, 0.1) is 30.4 Å². The molecule has 3 aromatic carbocycles. The zero-order valence-electron chi connectivity index (χ0n) is 21.8. The molecule has 9 heteroatoms. The van der Waals surface area contributed by atoms with Gasteiger partial charge in [0.15, 0.2) is 16.7 Å². The van der Waals surface area contributed by atoms with E-state index < -0.39 is 5.25 Å². The molecule has 38 heavy (non-hydrogen) atoms. The standard InChI is InChI=1S/C29H30ClN3O4S/c1-5-26(27(34)31-21-8-6-7-18(2)15-21)38-29-32-23-17-25(37-4)24(36-3)16-22(23)28(35)33(29)14-13-19-9-11-20(30)12-10-19/h6-12,15-17,26H,5,13-14H2,1-4H3,(H,31,34)/t26-/m0/s1. The van der Waals surface area contributed by atoms with Crippen LogP contribution in [0.1, 0.15) is 24.5 Å². The third-order valence-electron chi connectivity index (χ3n) is 6.16. The Morgan fingerprint density at radius 2 is 1.79 bits per heavy atom. The number of ether oxygens (including phenoxy) is 2. The fourth-order valence-corrected chi connectivity index (χ4v) is 5.27. The molecule has 4 aromatic rings. The summed E-state index contributed by atoms with van der Waals surface area (Å²) < 4.78 is 12.5. The van der Waals surface area contributed by atoms with Crippen LogP contribution in [0, 0.1) is 6.92 Å². The van der Waals surface area contributed by atoms with Crippen LogP contribution in [-0.4, -0.2) is 34.9 Å². The molecule has 0 aliphatic heterocycles. The maximum atomic E-state index is 13.8. The molecule has 0 saturated heterocycles. The Balaban J connectivity index is 1.72. The van der Waals surface area contributed by atoms with Gasteiger partial charge in [-0.25, -0.2) is 4.98 Å². The van der Waals surface area contributed by atoms with Crippen LogP contribution in [0.5, 0.6) is 11.5 Å². The van der Waals surface area contributed by atoms with Gasteiger partial charge in [0, 0.05) is 23.3 Å². The van der Waals surface area contributed by atoms with Gasteiger partial charge in [0.1, 0.15) is 0 Å². The second kappa shape index (κ2) is 12.4. The average molecular weight is 552 g/mol. The lowest BCUT2D eigenvalue weighted by molar-refractivity contribution is -0.115. The van der Waals surface area contributed by atoms with Gasteiger partial charge in [0.2, 0.25) is 5.91 Å². The number of benzene rings is 3. The Kier molecular flexibility index (Phi) is 8.97. The van der Waals surface area contributed by atoms with Gasteiger partial charge in [-0.3, -0.25) is 14.2 Å². The van der Waals surface area contributed by atoms with Crippen LogP contribution >= 0.6 is 23.4 Å². The third kappa shape index (κ3) is 6.31. The van der Waals surface area contributed by atoms with E-state index in [1.54, 1.807) is 16.7 Å². The van der Waals surface area contributed by atoms with Gasteiger partial charge in [-0.05, 0) is 61.2 Å². The number of amides is 1. The number of thioether (sulfide) groups is 1. The first-order chi connectivity index (χ1) is 18.3. The SMILES string of the molecule is CC[C@H](Sc1nc2cc(OC)c(OC)cc2c(=O)n1CCc1ccc(Cl)cc1)C(=O)Nc1cccc(C)c1. The number of hydrogen-bond donors (Lipinski definition) is 1. The van der Waals surface area contributed by atoms with E-state index in [0.717, 1.165) is 16.8 Å². The molecule has 0 aliphatic rings. The first-order valence-electron chi connectivity index (χ1n) is 12.3. The molecule has 1 aromatic heterocycles. The van der Waals surface area contributed by atoms with Gasteiger partial charge in [-0.15, -0.1) is 0 Å². The zero-order valence-corrected chi connectivity index (χ0v) is 23.4. The fourth-order valence-electron chi connectivity index (χ4n) is 4.10. The van der Waals surface area contributed by atoms with Crippen LogP contribution in [0.4, 0.5) is 5.69 Å². The van der Waals surface area contributed by atoms with Crippen LogP contribution < -0.4 is 20.3 Å². The highest BCUT2D eigenvalue weighted by atomic mass is 35.5. The quantitative estimate of drug-likeness (QED) is 0.189. The predicted molar refractivity (Wildman–Crippen MR) is 154 cm³/mol. The molecule has 1 atom stereocenters. The van der Waals surface area contributed by atoms with Gasteiger partial charge in [0.25, 0.3) is 5.56 Å².